The standard InChI is InChI=1S/C28H40O4/c1-5-7-8-9-25(31)32-28(19(3)29)17-14-24-22-11-10-20-18-21(30)12-15-26(20,4)23(22)13-16-27(24,28)6-2/h6,18,22-24H,2,5,7-17H2,1,3-4H3/t22-,23+,24+,26+,27+,28+/m1/s1. The van der Waals surface area contributed by atoms with Crippen molar-refractivity contribution in [2.45, 2.75) is 103 Å². The fraction of sp³-hybridized carbons (Fsp3) is 0.750. The van der Waals surface area contributed by atoms with Gasteiger partial charge in [0.1, 0.15) is 0 Å². The molecular formula is C28H40O4. The maximum atomic E-state index is 13.2. The van der Waals surface area contributed by atoms with Gasteiger partial charge in [0.15, 0.2) is 17.2 Å². The second-order valence-electron chi connectivity index (χ2n) is 11.1. The molecule has 0 spiro atoms. The van der Waals surface area contributed by atoms with Crippen LogP contribution in [-0.4, -0.2) is 23.1 Å². The summed E-state index contributed by atoms with van der Waals surface area (Å²) < 4.78 is 6.18. The molecule has 32 heavy (non-hydrogen) atoms. The van der Waals surface area contributed by atoms with Crippen LogP contribution < -0.4 is 0 Å². The highest BCUT2D eigenvalue weighted by Gasteiger charge is 2.68. The Hall–Kier alpha value is -1.71. The second kappa shape index (κ2) is 8.57. The van der Waals surface area contributed by atoms with Crippen molar-refractivity contribution in [2.24, 2.45) is 28.6 Å². The highest BCUT2D eigenvalue weighted by molar-refractivity contribution is 5.92. The van der Waals surface area contributed by atoms with Crippen molar-refractivity contribution in [3.05, 3.63) is 24.3 Å². The molecule has 0 radical (unpaired) electrons. The molecule has 0 saturated heterocycles. The smallest absolute Gasteiger partial charge is 0.306 e. The molecule has 0 aromatic rings. The number of fused-ring (bicyclic) bond motifs is 5. The SMILES string of the molecule is C=C[C@]12CC[C@H]3[C@@H](CCC4=CC(=O)CC[C@@]43C)[C@@H]1CC[C@]2(OC(=O)CCCCC)C(C)=O. The summed E-state index contributed by atoms with van der Waals surface area (Å²) in [6.45, 7) is 10.3. The number of unbranched alkanes of at least 4 members (excludes halogenated alkanes) is 2. The molecule has 4 aliphatic rings. The number of Topliss-reactive ketones (excluding diaryl/α,β-unsaturated/α-hetero) is 1. The quantitative estimate of drug-likeness (QED) is 0.271. The fourth-order valence-electron chi connectivity index (χ4n) is 8.20. The monoisotopic (exact) mass is 440 g/mol. The van der Waals surface area contributed by atoms with Crippen LogP contribution in [0.2, 0.25) is 0 Å². The van der Waals surface area contributed by atoms with E-state index in [1.807, 2.05) is 12.2 Å². The summed E-state index contributed by atoms with van der Waals surface area (Å²) in [6.07, 6.45) is 14.1. The fourth-order valence-corrected chi connectivity index (χ4v) is 8.20. The van der Waals surface area contributed by atoms with E-state index in [0.717, 1.165) is 57.8 Å². The molecule has 0 aliphatic heterocycles. The largest absolute Gasteiger partial charge is 0.450 e. The van der Waals surface area contributed by atoms with Crippen LogP contribution in [0.3, 0.4) is 0 Å². The molecule has 3 saturated carbocycles. The van der Waals surface area contributed by atoms with E-state index in [0.29, 0.717) is 37.0 Å². The van der Waals surface area contributed by atoms with Gasteiger partial charge in [-0.2, -0.15) is 0 Å². The Morgan fingerprint density at radius 2 is 1.88 bits per heavy atom. The van der Waals surface area contributed by atoms with Crippen LogP contribution in [0.15, 0.2) is 24.3 Å². The van der Waals surface area contributed by atoms with Crippen LogP contribution in [0.4, 0.5) is 0 Å². The van der Waals surface area contributed by atoms with Gasteiger partial charge in [-0.15, -0.1) is 6.58 Å². The number of esters is 1. The Morgan fingerprint density at radius 1 is 1.12 bits per heavy atom. The molecule has 176 valence electrons. The summed E-state index contributed by atoms with van der Waals surface area (Å²) in [7, 11) is 0. The van der Waals surface area contributed by atoms with E-state index in [9.17, 15) is 14.4 Å². The lowest BCUT2D eigenvalue weighted by atomic mass is 9.46. The average Bonchev–Trinajstić information content (AvgIpc) is 3.10. The molecule has 6 atom stereocenters. The van der Waals surface area contributed by atoms with Crippen molar-refractivity contribution < 1.29 is 19.1 Å². The third-order valence-electron chi connectivity index (χ3n) is 9.85. The Kier molecular flexibility index (Phi) is 6.28. The highest BCUT2D eigenvalue weighted by Crippen LogP contribution is 2.69. The summed E-state index contributed by atoms with van der Waals surface area (Å²) in [5, 5.41) is 0. The minimum Gasteiger partial charge on any atom is -0.450 e. The minimum absolute atomic E-state index is 0.0203. The van der Waals surface area contributed by atoms with E-state index in [4.69, 9.17) is 4.74 Å². The van der Waals surface area contributed by atoms with Gasteiger partial charge in [-0.25, -0.2) is 0 Å². The minimum atomic E-state index is -1.06. The molecule has 4 nitrogen and oxygen atoms in total. The third-order valence-corrected chi connectivity index (χ3v) is 9.85. The van der Waals surface area contributed by atoms with E-state index in [-0.39, 0.29) is 23.0 Å². The number of hydrogen-bond acceptors (Lipinski definition) is 4. The van der Waals surface area contributed by atoms with E-state index in [1.165, 1.54) is 5.57 Å². The predicted molar refractivity (Wildman–Crippen MR) is 125 cm³/mol. The first-order chi connectivity index (χ1) is 15.2. The number of rotatable bonds is 7. The molecule has 3 fully saturated rings. The van der Waals surface area contributed by atoms with Crippen LogP contribution in [0, 0.1) is 28.6 Å². The van der Waals surface area contributed by atoms with Gasteiger partial charge in [-0.3, -0.25) is 14.4 Å². The van der Waals surface area contributed by atoms with Crippen molar-refractivity contribution in [1.82, 2.24) is 0 Å². The van der Waals surface area contributed by atoms with Gasteiger partial charge in [-0.1, -0.05) is 38.3 Å². The van der Waals surface area contributed by atoms with E-state index in [2.05, 4.69) is 20.4 Å². The lowest BCUT2D eigenvalue weighted by Gasteiger charge is -2.59. The number of ketones is 2. The highest BCUT2D eigenvalue weighted by atomic mass is 16.6. The molecule has 4 rings (SSSR count). The Labute approximate surface area is 193 Å². The summed E-state index contributed by atoms with van der Waals surface area (Å²) in [6, 6.07) is 0. The predicted octanol–water partition coefficient (Wildman–Crippen LogP) is 6.14. The van der Waals surface area contributed by atoms with Gasteiger partial charge in [0, 0.05) is 18.3 Å². The zero-order valence-corrected chi connectivity index (χ0v) is 20.2. The summed E-state index contributed by atoms with van der Waals surface area (Å²) in [4.78, 5) is 38.1. The third kappa shape index (κ3) is 3.35. The van der Waals surface area contributed by atoms with Gasteiger partial charge >= 0.3 is 5.97 Å². The zero-order chi connectivity index (χ0) is 23.1. The lowest BCUT2D eigenvalue weighted by molar-refractivity contribution is -0.184. The molecule has 0 unspecified atom stereocenters. The summed E-state index contributed by atoms with van der Waals surface area (Å²) in [5.74, 6) is 1.34. The maximum Gasteiger partial charge on any atom is 0.306 e. The average molecular weight is 441 g/mol. The normalized spacial score (nSPS) is 40.5. The van der Waals surface area contributed by atoms with E-state index < -0.39 is 11.0 Å². The van der Waals surface area contributed by atoms with Gasteiger partial charge < -0.3 is 4.74 Å². The van der Waals surface area contributed by atoms with Crippen molar-refractivity contribution in [3.63, 3.8) is 0 Å². The molecule has 4 aliphatic carbocycles. The maximum absolute atomic E-state index is 13.2. The Bertz CT molecular complexity index is 840. The van der Waals surface area contributed by atoms with Gasteiger partial charge in [0.2, 0.25) is 0 Å². The topological polar surface area (TPSA) is 60.4 Å². The summed E-state index contributed by atoms with van der Waals surface area (Å²) >= 11 is 0. The van der Waals surface area contributed by atoms with Crippen molar-refractivity contribution in [1.29, 1.82) is 0 Å². The van der Waals surface area contributed by atoms with Crippen LogP contribution in [0.5, 0.6) is 0 Å². The lowest BCUT2D eigenvalue weighted by Crippen LogP contribution is -2.59. The van der Waals surface area contributed by atoms with Crippen molar-refractivity contribution in [2.75, 3.05) is 0 Å². The number of carbonyl (C=O) groups excluding carboxylic acids is 3. The number of allylic oxidation sites excluding steroid dienone is 1. The molecular weight excluding hydrogens is 400 g/mol. The van der Waals surface area contributed by atoms with Crippen molar-refractivity contribution in [3.8, 4) is 0 Å². The molecule has 0 N–H and O–H groups in total. The van der Waals surface area contributed by atoms with Gasteiger partial charge in [0.05, 0.1) is 0 Å². The van der Waals surface area contributed by atoms with Crippen molar-refractivity contribution >= 4 is 17.5 Å². The van der Waals surface area contributed by atoms with E-state index >= 15 is 0 Å². The van der Waals surface area contributed by atoms with E-state index in [1.54, 1.807) is 6.92 Å². The number of carbonyl (C=O) groups is 3. The summed E-state index contributed by atoms with van der Waals surface area (Å²) in [5.41, 5.74) is -0.0997. The second-order valence-corrected chi connectivity index (χ2v) is 11.1. The molecule has 0 aromatic heterocycles. The first kappa shape index (κ1) is 23.4. The van der Waals surface area contributed by atoms with Crippen LogP contribution in [0.1, 0.15) is 97.8 Å². The molecule has 4 heteroatoms. The first-order valence-corrected chi connectivity index (χ1v) is 12.8. The number of ether oxygens (including phenoxy) is 1. The number of hydrogen-bond donors (Lipinski definition) is 0. The Morgan fingerprint density at radius 3 is 2.56 bits per heavy atom. The zero-order valence-electron chi connectivity index (χ0n) is 20.2. The molecule has 0 bridgehead atoms. The Balaban J connectivity index is 1.64. The van der Waals surface area contributed by atoms with Gasteiger partial charge in [-0.05, 0) is 87.5 Å². The van der Waals surface area contributed by atoms with Gasteiger partial charge in [0.25, 0.3) is 0 Å². The molecule has 0 aromatic carbocycles. The molecule has 0 heterocycles. The molecule has 0 amide bonds. The van der Waals surface area contributed by atoms with Crippen LogP contribution in [-0.2, 0) is 19.1 Å². The first-order valence-electron chi connectivity index (χ1n) is 12.8. The van der Waals surface area contributed by atoms with Crippen LogP contribution >= 0.6 is 0 Å². The van der Waals surface area contributed by atoms with Crippen LogP contribution in [0.25, 0.3) is 0 Å².